The molecule has 3 aromatic rings. The first-order valence-electron chi connectivity index (χ1n) is 7.82. The highest BCUT2D eigenvalue weighted by Gasteiger charge is 2.12. The van der Waals surface area contributed by atoms with Crippen LogP contribution in [0.1, 0.15) is 33.7 Å². The summed E-state index contributed by atoms with van der Waals surface area (Å²) >= 11 is 0. The van der Waals surface area contributed by atoms with Gasteiger partial charge in [-0.25, -0.2) is 4.68 Å². The first-order chi connectivity index (χ1) is 11.4. The highest BCUT2D eigenvalue weighted by Crippen LogP contribution is 2.13. The molecule has 0 saturated carbocycles. The van der Waals surface area contributed by atoms with Crippen LogP contribution in [0.25, 0.3) is 0 Å². The van der Waals surface area contributed by atoms with E-state index >= 15 is 0 Å². The van der Waals surface area contributed by atoms with E-state index in [0.717, 1.165) is 36.9 Å². The van der Waals surface area contributed by atoms with E-state index in [2.05, 4.69) is 46.7 Å². The maximum Gasteiger partial charge on any atom is 0.172 e. The van der Waals surface area contributed by atoms with Gasteiger partial charge in [-0.1, -0.05) is 65.9 Å². The smallest absolute Gasteiger partial charge is 0.172 e. The summed E-state index contributed by atoms with van der Waals surface area (Å²) in [7, 11) is 0. The van der Waals surface area contributed by atoms with Gasteiger partial charge in [0.15, 0.2) is 6.29 Å². The van der Waals surface area contributed by atoms with E-state index in [1.54, 1.807) is 0 Å². The Morgan fingerprint density at radius 3 is 2.22 bits per heavy atom. The molecule has 23 heavy (non-hydrogen) atoms. The van der Waals surface area contributed by atoms with Crippen molar-refractivity contribution < 1.29 is 4.79 Å². The topological polar surface area (TPSA) is 47.8 Å². The second kappa shape index (κ2) is 7.49. The number of nitrogens with zero attached hydrogens (tertiary/aromatic N) is 3. The van der Waals surface area contributed by atoms with Crippen LogP contribution in [0.5, 0.6) is 0 Å². The highest BCUT2D eigenvalue weighted by atomic mass is 16.1. The van der Waals surface area contributed by atoms with Gasteiger partial charge in [0.1, 0.15) is 5.69 Å². The second-order valence-corrected chi connectivity index (χ2v) is 5.51. The molecule has 4 heteroatoms. The number of carbonyl (C=O) groups excluding carboxylic acids is 1. The minimum absolute atomic E-state index is 0.438. The maximum atomic E-state index is 11.2. The average Bonchev–Trinajstić information content (AvgIpc) is 2.99. The maximum absolute atomic E-state index is 11.2. The lowest BCUT2D eigenvalue weighted by molar-refractivity contribution is 0.111. The van der Waals surface area contributed by atoms with Crippen LogP contribution < -0.4 is 0 Å². The minimum Gasteiger partial charge on any atom is -0.296 e. The number of rotatable bonds is 7. The molecule has 0 aliphatic carbocycles. The number of carbonyl (C=O) groups is 1. The summed E-state index contributed by atoms with van der Waals surface area (Å²) in [5.74, 6) is 0. The zero-order valence-electron chi connectivity index (χ0n) is 12.9. The summed E-state index contributed by atoms with van der Waals surface area (Å²) in [6, 6.07) is 20.5. The zero-order chi connectivity index (χ0) is 15.9. The predicted octanol–water partition coefficient (Wildman–Crippen LogP) is 3.31. The van der Waals surface area contributed by atoms with E-state index in [1.165, 1.54) is 5.56 Å². The lowest BCUT2D eigenvalue weighted by Gasteiger charge is -2.07. The van der Waals surface area contributed by atoms with Crippen LogP contribution in [0.15, 0.2) is 60.7 Å². The van der Waals surface area contributed by atoms with E-state index in [0.29, 0.717) is 12.1 Å². The van der Waals surface area contributed by atoms with Crippen LogP contribution in [0, 0.1) is 0 Å². The molecule has 0 amide bonds. The molecule has 0 bridgehead atoms. The molecule has 0 aliphatic rings. The number of aromatic nitrogens is 3. The summed E-state index contributed by atoms with van der Waals surface area (Å²) in [5, 5.41) is 8.15. The van der Waals surface area contributed by atoms with E-state index in [1.807, 2.05) is 28.9 Å². The van der Waals surface area contributed by atoms with Gasteiger partial charge < -0.3 is 0 Å². The SMILES string of the molecule is O=Cc1nnn(CCCc2ccccc2)c1Cc1ccccc1. The van der Waals surface area contributed by atoms with Crippen LogP contribution in [-0.2, 0) is 19.4 Å². The molecule has 4 nitrogen and oxygen atoms in total. The number of aryl methyl sites for hydroxylation is 2. The molecule has 1 heterocycles. The molecule has 0 fully saturated rings. The summed E-state index contributed by atoms with van der Waals surface area (Å²) in [5.41, 5.74) is 3.79. The van der Waals surface area contributed by atoms with E-state index in [9.17, 15) is 4.79 Å². The second-order valence-electron chi connectivity index (χ2n) is 5.51. The summed E-state index contributed by atoms with van der Waals surface area (Å²) in [4.78, 5) is 11.2. The van der Waals surface area contributed by atoms with Crippen LogP contribution in [0.4, 0.5) is 0 Å². The van der Waals surface area contributed by atoms with Gasteiger partial charge in [0.25, 0.3) is 0 Å². The highest BCUT2D eigenvalue weighted by molar-refractivity contribution is 5.73. The van der Waals surface area contributed by atoms with Crippen molar-refractivity contribution in [1.29, 1.82) is 0 Å². The monoisotopic (exact) mass is 305 g/mol. The summed E-state index contributed by atoms with van der Waals surface area (Å²) in [6.45, 7) is 0.762. The summed E-state index contributed by atoms with van der Waals surface area (Å²) in [6.07, 6.45) is 3.42. The van der Waals surface area contributed by atoms with Crippen molar-refractivity contribution in [3.05, 3.63) is 83.2 Å². The number of hydrogen-bond donors (Lipinski definition) is 0. The van der Waals surface area contributed by atoms with E-state index in [4.69, 9.17) is 0 Å². The number of aldehydes is 1. The van der Waals surface area contributed by atoms with E-state index < -0.39 is 0 Å². The Balaban J connectivity index is 1.69. The van der Waals surface area contributed by atoms with Crippen LogP contribution in [-0.4, -0.2) is 21.3 Å². The third-order valence-corrected chi connectivity index (χ3v) is 3.87. The molecule has 116 valence electrons. The quantitative estimate of drug-likeness (QED) is 0.629. The van der Waals surface area contributed by atoms with Crippen LogP contribution >= 0.6 is 0 Å². The minimum atomic E-state index is 0.438. The van der Waals surface area contributed by atoms with Crippen LogP contribution in [0.3, 0.4) is 0 Å². The standard InChI is InChI=1S/C19H19N3O/c23-15-18-19(14-17-10-5-2-6-11-17)22(21-20-18)13-7-12-16-8-3-1-4-9-16/h1-6,8-11,15H,7,12-14H2. The molecular formula is C19H19N3O. The van der Waals surface area contributed by atoms with Crippen LogP contribution in [0.2, 0.25) is 0 Å². The molecule has 0 aliphatic heterocycles. The van der Waals surface area contributed by atoms with Crippen molar-refractivity contribution in [1.82, 2.24) is 15.0 Å². The van der Waals surface area contributed by atoms with Crippen molar-refractivity contribution in [2.24, 2.45) is 0 Å². The molecule has 0 spiro atoms. The number of benzene rings is 2. The molecule has 0 radical (unpaired) electrons. The van der Waals surface area contributed by atoms with Gasteiger partial charge >= 0.3 is 0 Å². The van der Waals surface area contributed by atoms with Crippen molar-refractivity contribution in [2.45, 2.75) is 25.8 Å². The molecule has 1 aromatic heterocycles. The first kappa shape index (κ1) is 15.2. The Morgan fingerprint density at radius 1 is 0.913 bits per heavy atom. The fourth-order valence-corrected chi connectivity index (χ4v) is 2.67. The van der Waals surface area contributed by atoms with Gasteiger partial charge in [0.2, 0.25) is 0 Å². The molecule has 0 N–H and O–H groups in total. The van der Waals surface area contributed by atoms with Gasteiger partial charge in [0.05, 0.1) is 5.69 Å². The predicted molar refractivity (Wildman–Crippen MR) is 89.4 cm³/mol. The zero-order valence-corrected chi connectivity index (χ0v) is 12.9. The Morgan fingerprint density at radius 2 is 1.57 bits per heavy atom. The van der Waals surface area contributed by atoms with Crippen molar-refractivity contribution >= 4 is 6.29 Å². The summed E-state index contributed by atoms with van der Waals surface area (Å²) < 4.78 is 1.86. The largest absolute Gasteiger partial charge is 0.296 e. The Hall–Kier alpha value is -2.75. The molecule has 0 saturated heterocycles. The fraction of sp³-hybridized carbons (Fsp3) is 0.211. The first-order valence-corrected chi connectivity index (χ1v) is 7.82. The fourth-order valence-electron chi connectivity index (χ4n) is 2.67. The van der Waals surface area contributed by atoms with Crippen molar-refractivity contribution in [3.63, 3.8) is 0 Å². The molecule has 2 aromatic carbocycles. The third kappa shape index (κ3) is 3.92. The Labute approximate surface area is 135 Å². The van der Waals surface area contributed by atoms with E-state index in [-0.39, 0.29) is 0 Å². The van der Waals surface area contributed by atoms with Gasteiger partial charge in [-0.3, -0.25) is 4.79 Å². The average molecular weight is 305 g/mol. The van der Waals surface area contributed by atoms with Crippen molar-refractivity contribution in [3.8, 4) is 0 Å². The Bertz CT molecular complexity index is 751. The van der Waals surface area contributed by atoms with Crippen molar-refractivity contribution in [2.75, 3.05) is 0 Å². The lowest BCUT2D eigenvalue weighted by Crippen LogP contribution is -2.08. The Kier molecular flexibility index (Phi) is 4.94. The normalized spacial score (nSPS) is 10.6. The molecular weight excluding hydrogens is 286 g/mol. The van der Waals surface area contributed by atoms with Gasteiger partial charge in [-0.2, -0.15) is 0 Å². The van der Waals surface area contributed by atoms with Gasteiger partial charge in [-0.15, -0.1) is 5.10 Å². The number of hydrogen-bond acceptors (Lipinski definition) is 3. The molecule has 0 atom stereocenters. The van der Waals surface area contributed by atoms with Gasteiger partial charge in [-0.05, 0) is 24.0 Å². The molecule has 0 unspecified atom stereocenters. The van der Waals surface area contributed by atoms with Gasteiger partial charge in [0, 0.05) is 13.0 Å². The lowest BCUT2D eigenvalue weighted by atomic mass is 10.1. The molecule has 3 rings (SSSR count). The third-order valence-electron chi connectivity index (χ3n) is 3.87.